The molecule has 3 heteroatoms. The zero-order chi connectivity index (χ0) is 13.7. The Morgan fingerprint density at radius 2 is 1.68 bits per heavy atom. The maximum Gasteiger partial charge on any atom is 0.119 e. The third-order valence-electron chi connectivity index (χ3n) is 3.07. The van der Waals surface area contributed by atoms with Gasteiger partial charge in [0, 0.05) is 10.5 Å². The van der Waals surface area contributed by atoms with E-state index in [1.807, 2.05) is 48.5 Å². The zero-order valence-electron chi connectivity index (χ0n) is 11.0. The maximum absolute atomic E-state index is 5.98. The lowest BCUT2D eigenvalue weighted by molar-refractivity contribution is 0.306. The molecule has 0 fully saturated rings. The first kappa shape index (κ1) is 14.1. The average Bonchev–Trinajstić information content (AvgIpc) is 2.46. The van der Waals surface area contributed by atoms with Crippen LogP contribution < -0.4 is 10.5 Å². The number of hydrogen-bond acceptors (Lipinski definition) is 2. The molecular weight excluding hydrogens is 302 g/mol. The molecule has 0 saturated heterocycles. The number of rotatable bonds is 5. The minimum Gasteiger partial charge on any atom is -0.489 e. The van der Waals surface area contributed by atoms with Gasteiger partial charge < -0.3 is 10.5 Å². The standard InChI is InChI=1S/C16H18BrNO/c1-2-16(18)13-5-9-15(10-6-13)19-11-12-3-7-14(17)8-4-12/h3-10,16H,2,11,18H2,1H3/t16-/m1/s1. The predicted molar refractivity (Wildman–Crippen MR) is 82.1 cm³/mol. The second-order valence-corrected chi connectivity index (χ2v) is 5.41. The summed E-state index contributed by atoms with van der Waals surface area (Å²) in [4.78, 5) is 0. The molecule has 2 aromatic carbocycles. The molecule has 0 aliphatic carbocycles. The maximum atomic E-state index is 5.98. The van der Waals surface area contributed by atoms with Gasteiger partial charge in [-0.2, -0.15) is 0 Å². The van der Waals surface area contributed by atoms with Gasteiger partial charge in [-0.25, -0.2) is 0 Å². The van der Waals surface area contributed by atoms with Crippen molar-refractivity contribution in [2.24, 2.45) is 5.73 Å². The van der Waals surface area contributed by atoms with E-state index in [9.17, 15) is 0 Å². The van der Waals surface area contributed by atoms with Gasteiger partial charge in [-0.15, -0.1) is 0 Å². The van der Waals surface area contributed by atoms with Crippen molar-refractivity contribution in [3.63, 3.8) is 0 Å². The SMILES string of the molecule is CC[C@@H](N)c1ccc(OCc2ccc(Br)cc2)cc1. The van der Waals surface area contributed by atoms with Gasteiger partial charge in [-0.3, -0.25) is 0 Å². The lowest BCUT2D eigenvalue weighted by Gasteiger charge is -2.11. The van der Waals surface area contributed by atoms with Crippen molar-refractivity contribution in [2.75, 3.05) is 0 Å². The minimum atomic E-state index is 0.112. The van der Waals surface area contributed by atoms with Crippen molar-refractivity contribution in [2.45, 2.75) is 26.0 Å². The van der Waals surface area contributed by atoms with Crippen molar-refractivity contribution in [1.82, 2.24) is 0 Å². The van der Waals surface area contributed by atoms with Gasteiger partial charge in [-0.05, 0) is 41.8 Å². The van der Waals surface area contributed by atoms with E-state index in [1.54, 1.807) is 0 Å². The molecule has 1 atom stereocenters. The number of nitrogens with two attached hydrogens (primary N) is 1. The Kier molecular flexibility index (Phi) is 5.00. The quantitative estimate of drug-likeness (QED) is 0.884. The summed E-state index contributed by atoms with van der Waals surface area (Å²) >= 11 is 3.42. The predicted octanol–water partition coefficient (Wildman–Crippen LogP) is 4.44. The van der Waals surface area contributed by atoms with Crippen LogP contribution in [-0.2, 0) is 6.61 Å². The van der Waals surface area contributed by atoms with E-state index in [-0.39, 0.29) is 6.04 Å². The molecule has 0 amide bonds. The largest absolute Gasteiger partial charge is 0.489 e. The molecule has 2 rings (SSSR count). The lowest BCUT2D eigenvalue weighted by Crippen LogP contribution is -2.08. The van der Waals surface area contributed by atoms with Crippen LogP contribution in [0.15, 0.2) is 53.0 Å². The number of hydrogen-bond donors (Lipinski definition) is 1. The average molecular weight is 320 g/mol. The van der Waals surface area contributed by atoms with Crippen LogP contribution in [0.4, 0.5) is 0 Å². The molecule has 19 heavy (non-hydrogen) atoms. The van der Waals surface area contributed by atoms with Crippen molar-refractivity contribution < 1.29 is 4.74 Å². The van der Waals surface area contributed by atoms with Gasteiger partial charge in [0.05, 0.1) is 0 Å². The summed E-state index contributed by atoms with van der Waals surface area (Å²) in [6, 6.07) is 16.3. The van der Waals surface area contributed by atoms with E-state index in [1.165, 1.54) is 0 Å². The van der Waals surface area contributed by atoms with E-state index in [4.69, 9.17) is 10.5 Å². The molecule has 0 saturated carbocycles. The van der Waals surface area contributed by atoms with Gasteiger partial charge in [0.25, 0.3) is 0 Å². The molecule has 2 nitrogen and oxygen atoms in total. The number of halogens is 1. The molecule has 2 aromatic rings. The highest BCUT2D eigenvalue weighted by atomic mass is 79.9. The van der Waals surface area contributed by atoms with Crippen LogP contribution in [0.3, 0.4) is 0 Å². The molecule has 100 valence electrons. The Hall–Kier alpha value is -1.32. The molecular formula is C16H18BrNO. The molecule has 0 radical (unpaired) electrons. The Bertz CT molecular complexity index is 507. The van der Waals surface area contributed by atoms with Crippen LogP contribution in [0.2, 0.25) is 0 Å². The third kappa shape index (κ3) is 4.08. The van der Waals surface area contributed by atoms with E-state index in [0.717, 1.165) is 27.8 Å². The smallest absolute Gasteiger partial charge is 0.119 e. The minimum absolute atomic E-state index is 0.112. The Labute approximate surface area is 122 Å². The van der Waals surface area contributed by atoms with E-state index >= 15 is 0 Å². The van der Waals surface area contributed by atoms with Crippen LogP contribution in [-0.4, -0.2) is 0 Å². The summed E-state index contributed by atoms with van der Waals surface area (Å²) in [5.41, 5.74) is 8.28. The lowest BCUT2D eigenvalue weighted by atomic mass is 10.1. The molecule has 0 aliphatic rings. The van der Waals surface area contributed by atoms with Crippen LogP contribution in [0.25, 0.3) is 0 Å². The van der Waals surface area contributed by atoms with Crippen molar-refractivity contribution in [3.05, 3.63) is 64.1 Å². The van der Waals surface area contributed by atoms with Crippen molar-refractivity contribution in [1.29, 1.82) is 0 Å². The summed E-state index contributed by atoms with van der Waals surface area (Å²) in [5, 5.41) is 0. The summed E-state index contributed by atoms with van der Waals surface area (Å²) in [7, 11) is 0. The Balaban J connectivity index is 1.94. The first-order chi connectivity index (χ1) is 9.19. The molecule has 0 unspecified atom stereocenters. The van der Waals surface area contributed by atoms with Gasteiger partial charge in [-0.1, -0.05) is 47.1 Å². The van der Waals surface area contributed by atoms with E-state index in [0.29, 0.717) is 6.61 Å². The highest BCUT2D eigenvalue weighted by Crippen LogP contribution is 2.19. The van der Waals surface area contributed by atoms with Crippen LogP contribution in [0.1, 0.15) is 30.5 Å². The van der Waals surface area contributed by atoms with Crippen LogP contribution >= 0.6 is 15.9 Å². The van der Waals surface area contributed by atoms with Gasteiger partial charge in [0.2, 0.25) is 0 Å². The monoisotopic (exact) mass is 319 g/mol. The van der Waals surface area contributed by atoms with Gasteiger partial charge >= 0.3 is 0 Å². The fraction of sp³-hybridized carbons (Fsp3) is 0.250. The second kappa shape index (κ2) is 6.73. The summed E-state index contributed by atoms with van der Waals surface area (Å²) in [6.07, 6.45) is 0.944. The second-order valence-electron chi connectivity index (χ2n) is 4.50. The molecule has 0 bridgehead atoms. The van der Waals surface area contributed by atoms with Crippen molar-refractivity contribution >= 4 is 15.9 Å². The zero-order valence-corrected chi connectivity index (χ0v) is 12.6. The van der Waals surface area contributed by atoms with Gasteiger partial charge in [0.15, 0.2) is 0 Å². The molecule has 0 aliphatic heterocycles. The van der Waals surface area contributed by atoms with Crippen molar-refractivity contribution in [3.8, 4) is 5.75 Å². The number of benzene rings is 2. The highest BCUT2D eigenvalue weighted by Gasteiger charge is 2.03. The van der Waals surface area contributed by atoms with E-state index < -0.39 is 0 Å². The summed E-state index contributed by atoms with van der Waals surface area (Å²) in [5.74, 6) is 0.870. The van der Waals surface area contributed by atoms with E-state index in [2.05, 4.69) is 22.9 Å². The normalized spacial score (nSPS) is 12.2. The van der Waals surface area contributed by atoms with Crippen LogP contribution in [0.5, 0.6) is 5.75 Å². The Morgan fingerprint density at radius 3 is 2.26 bits per heavy atom. The first-order valence-electron chi connectivity index (χ1n) is 6.42. The van der Waals surface area contributed by atoms with Crippen LogP contribution in [0, 0.1) is 0 Å². The molecule has 0 aromatic heterocycles. The highest BCUT2D eigenvalue weighted by molar-refractivity contribution is 9.10. The fourth-order valence-electron chi connectivity index (χ4n) is 1.79. The third-order valence-corrected chi connectivity index (χ3v) is 3.60. The molecule has 0 spiro atoms. The Morgan fingerprint density at radius 1 is 1.05 bits per heavy atom. The topological polar surface area (TPSA) is 35.2 Å². The molecule has 2 N–H and O–H groups in total. The first-order valence-corrected chi connectivity index (χ1v) is 7.21. The fourth-order valence-corrected chi connectivity index (χ4v) is 2.06. The van der Waals surface area contributed by atoms with Gasteiger partial charge in [0.1, 0.15) is 12.4 Å². The molecule has 0 heterocycles. The number of ether oxygens (including phenoxy) is 1. The summed E-state index contributed by atoms with van der Waals surface area (Å²) < 4.78 is 6.82. The summed E-state index contributed by atoms with van der Waals surface area (Å²) in [6.45, 7) is 2.66.